The molecule has 2 atom stereocenters. The molecule has 1 amide bonds. The van der Waals surface area contributed by atoms with Crippen LogP contribution >= 0.6 is 0 Å². The Bertz CT molecular complexity index is 958. The lowest BCUT2D eigenvalue weighted by molar-refractivity contribution is -0.123. The Hall–Kier alpha value is -2.77. The van der Waals surface area contributed by atoms with Crippen LogP contribution in [0.1, 0.15) is 66.1 Å². The first-order valence-corrected chi connectivity index (χ1v) is 12.0. The molecule has 1 aliphatic rings. The maximum atomic E-state index is 14.1. The number of likely N-dealkylation sites (tertiary alicyclic amines) is 1. The summed E-state index contributed by atoms with van der Waals surface area (Å²) in [5, 5.41) is 13.9. The van der Waals surface area contributed by atoms with E-state index in [2.05, 4.69) is 10.2 Å². The Balaban J connectivity index is 1.51. The SMILES string of the molecule is COc1ccc(C(=O)CCCCC(=O)N[C@H](CN2CCCC2)[C@H](O)c2ccc(C)c(F)c2)cc1. The fourth-order valence-corrected chi connectivity index (χ4v) is 4.26. The molecule has 0 aromatic heterocycles. The summed E-state index contributed by atoms with van der Waals surface area (Å²) in [5.41, 5.74) is 1.60. The van der Waals surface area contributed by atoms with Crippen molar-refractivity contribution in [3.63, 3.8) is 0 Å². The van der Waals surface area contributed by atoms with Crippen LogP contribution in [0, 0.1) is 12.7 Å². The number of ether oxygens (including phenoxy) is 1. The van der Waals surface area contributed by atoms with Crippen LogP contribution in [0.4, 0.5) is 4.39 Å². The zero-order chi connectivity index (χ0) is 24.5. The predicted molar refractivity (Wildman–Crippen MR) is 129 cm³/mol. The Morgan fingerprint density at radius 2 is 1.76 bits per heavy atom. The number of carbonyl (C=O) groups is 2. The largest absolute Gasteiger partial charge is 0.497 e. The number of unbranched alkanes of at least 4 members (excludes halogenated alkanes) is 1. The minimum Gasteiger partial charge on any atom is -0.497 e. The van der Waals surface area contributed by atoms with E-state index in [0.717, 1.165) is 25.9 Å². The van der Waals surface area contributed by atoms with Gasteiger partial charge in [-0.1, -0.05) is 12.1 Å². The summed E-state index contributed by atoms with van der Waals surface area (Å²) < 4.78 is 19.2. The quantitative estimate of drug-likeness (QED) is 0.359. The molecule has 3 rings (SSSR count). The van der Waals surface area contributed by atoms with Crippen molar-refractivity contribution in [1.82, 2.24) is 10.2 Å². The minimum atomic E-state index is -1.00. The smallest absolute Gasteiger partial charge is 0.220 e. The van der Waals surface area contributed by atoms with Crippen LogP contribution in [0.5, 0.6) is 5.75 Å². The lowest BCUT2D eigenvalue weighted by Crippen LogP contribution is -2.46. The predicted octanol–water partition coefficient (Wildman–Crippen LogP) is 4.20. The fourth-order valence-electron chi connectivity index (χ4n) is 4.26. The number of nitrogens with one attached hydrogen (secondary N) is 1. The van der Waals surface area contributed by atoms with Crippen LogP contribution < -0.4 is 10.1 Å². The Morgan fingerprint density at radius 3 is 2.41 bits per heavy atom. The van der Waals surface area contributed by atoms with Crippen molar-refractivity contribution in [1.29, 1.82) is 0 Å². The van der Waals surface area contributed by atoms with E-state index in [1.165, 1.54) is 6.07 Å². The van der Waals surface area contributed by atoms with Gasteiger partial charge in [-0.15, -0.1) is 0 Å². The third-order valence-electron chi connectivity index (χ3n) is 6.39. The molecule has 0 spiro atoms. The van der Waals surface area contributed by atoms with E-state index in [4.69, 9.17) is 4.74 Å². The summed E-state index contributed by atoms with van der Waals surface area (Å²) in [4.78, 5) is 27.2. The van der Waals surface area contributed by atoms with Gasteiger partial charge in [-0.05, 0) is 87.2 Å². The van der Waals surface area contributed by atoms with Gasteiger partial charge < -0.3 is 20.1 Å². The number of Topliss-reactive ketones (excluding diaryl/α,β-unsaturated/α-hetero) is 1. The van der Waals surface area contributed by atoms with Gasteiger partial charge in [0.05, 0.1) is 13.2 Å². The van der Waals surface area contributed by atoms with E-state index in [1.54, 1.807) is 50.4 Å². The van der Waals surface area contributed by atoms with E-state index in [0.29, 0.717) is 48.2 Å². The van der Waals surface area contributed by atoms with Gasteiger partial charge in [-0.3, -0.25) is 9.59 Å². The summed E-state index contributed by atoms with van der Waals surface area (Å²) >= 11 is 0. The molecule has 0 radical (unpaired) electrons. The van der Waals surface area contributed by atoms with Crippen molar-refractivity contribution in [3.05, 3.63) is 65.0 Å². The lowest BCUT2D eigenvalue weighted by Gasteiger charge is -2.29. The van der Waals surface area contributed by atoms with E-state index >= 15 is 0 Å². The molecule has 1 saturated heterocycles. The molecule has 184 valence electrons. The molecule has 2 N–H and O–H groups in total. The van der Waals surface area contributed by atoms with Crippen molar-refractivity contribution in [2.45, 2.75) is 57.6 Å². The summed E-state index contributed by atoms with van der Waals surface area (Å²) in [7, 11) is 1.58. The Labute approximate surface area is 201 Å². The molecule has 0 saturated carbocycles. The molecule has 1 fully saturated rings. The van der Waals surface area contributed by atoms with Crippen molar-refractivity contribution in [2.75, 3.05) is 26.7 Å². The second-order valence-corrected chi connectivity index (χ2v) is 8.99. The van der Waals surface area contributed by atoms with Crippen LogP contribution in [0.25, 0.3) is 0 Å². The van der Waals surface area contributed by atoms with Gasteiger partial charge in [0.15, 0.2) is 5.78 Å². The number of benzene rings is 2. The number of aliphatic hydroxyl groups is 1. The number of halogens is 1. The lowest BCUT2D eigenvalue weighted by atomic mass is 9.99. The molecule has 0 aliphatic carbocycles. The third-order valence-corrected chi connectivity index (χ3v) is 6.39. The number of hydrogen-bond acceptors (Lipinski definition) is 5. The molecular weight excluding hydrogens is 435 g/mol. The minimum absolute atomic E-state index is 0.0341. The van der Waals surface area contributed by atoms with Crippen LogP contribution in [0.3, 0.4) is 0 Å². The van der Waals surface area contributed by atoms with E-state index < -0.39 is 12.1 Å². The van der Waals surface area contributed by atoms with Crippen molar-refractivity contribution in [3.8, 4) is 5.75 Å². The average Bonchev–Trinajstić information content (AvgIpc) is 3.36. The summed E-state index contributed by atoms with van der Waals surface area (Å²) in [6.07, 6.45) is 2.98. The first kappa shape index (κ1) is 25.8. The van der Waals surface area contributed by atoms with Gasteiger partial charge in [0.1, 0.15) is 17.7 Å². The number of nitrogens with zero attached hydrogens (tertiary/aromatic N) is 1. The van der Waals surface area contributed by atoms with Crippen LogP contribution in [0.15, 0.2) is 42.5 Å². The molecule has 6 nitrogen and oxygen atoms in total. The van der Waals surface area contributed by atoms with E-state index in [9.17, 15) is 19.1 Å². The number of hydrogen-bond donors (Lipinski definition) is 2. The molecule has 1 aliphatic heterocycles. The first-order valence-electron chi connectivity index (χ1n) is 12.0. The van der Waals surface area contributed by atoms with Crippen LogP contribution in [-0.2, 0) is 4.79 Å². The maximum Gasteiger partial charge on any atom is 0.220 e. The highest BCUT2D eigenvalue weighted by Gasteiger charge is 2.27. The number of amides is 1. The standard InChI is InChI=1S/C27H35FN2O4/c1-19-9-10-21(17-23(19)28)27(33)24(18-30-15-5-6-16-30)29-26(32)8-4-3-7-25(31)20-11-13-22(34-2)14-12-20/h9-14,17,24,27,33H,3-8,15-16,18H2,1-2H3,(H,29,32)/t24-,27-/m1/s1. The molecule has 2 aromatic carbocycles. The molecular formula is C27H35FN2O4. The average molecular weight is 471 g/mol. The maximum absolute atomic E-state index is 14.1. The topological polar surface area (TPSA) is 78.9 Å². The fraction of sp³-hybridized carbons (Fsp3) is 0.481. The first-order chi connectivity index (χ1) is 16.4. The number of ketones is 1. The summed E-state index contributed by atoms with van der Waals surface area (Å²) in [6.45, 7) is 4.04. The van der Waals surface area contributed by atoms with E-state index in [-0.39, 0.29) is 23.9 Å². The van der Waals surface area contributed by atoms with Gasteiger partial charge in [0, 0.05) is 24.9 Å². The van der Waals surface area contributed by atoms with Crippen LogP contribution in [-0.4, -0.2) is 54.5 Å². The second-order valence-electron chi connectivity index (χ2n) is 8.99. The van der Waals surface area contributed by atoms with Crippen molar-refractivity contribution < 1.29 is 23.8 Å². The zero-order valence-corrected chi connectivity index (χ0v) is 20.1. The van der Waals surface area contributed by atoms with Gasteiger partial charge >= 0.3 is 0 Å². The molecule has 1 heterocycles. The van der Waals surface area contributed by atoms with Crippen LogP contribution in [0.2, 0.25) is 0 Å². The Kier molecular flexibility index (Phi) is 9.60. The van der Waals surface area contributed by atoms with Gasteiger partial charge in [0.25, 0.3) is 0 Å². The molecule has 0 bridgehead atoms. The molecule has 34 heavy (non-hydrogen) atoms. The molecule has 2 aromatic rings. The van der Waals surface area contributed by atoms with Crippen molar-refractivity contribution in [2.24, 2.45) is 0 Å². The highest BCUT2D eigenvalue weighted by atomic mass is 19.1. The number of methoxy groups -OCH3 is 1. The summed E-state index contributed by atoms with van der Waals surface area (Å²) in [6, 6.07) is 11.2. The summed E-state index contributed by atoms with van der Waals surface area (Å²) in [5.74, 6) is 0.191. The monoisotopic (exact) mass is 470 g/mol. The Morgan fingerprint density at radius 1 is 1.09 bits per heavy atom. The third kappa shape index (κ3) is 7.37. The van der Waals surface area contributed by atoms with E-state index in [1.807, 2.05) is 0 Å². The highest BCUT2D eigenvalue weighted by molar-refractivity contribution is 5.96. The number of aliphatic hydroxyl groups excluding tert-OH is 1. The van der Waals surface area contributed by atoms with Gasteiger partial charge in [-0.25, -0.2) is 4.39 Å². The molecule has 7 heteroatoms. The molecule has 0 unspecified atom stereocenters. The van der Waals surface area contributed by atoms with Gasteiger partial charge in [-0.2, -0.15) is 0 Å². The highest BCUT2D eigenvalue weighted by Crippen LogP contribution is 2.22. The van der Waals surface area contributed by atoms with Crippen molar-refractivity contribution >= 4 is 11.7 Å². The number of carbonyl (C=O) groups excluding carboxylic acids is 2. The van der Waals surface area contributed by atoms with Gasteiger partial charge in [0.2, 0.25) is 5.91 Å². The second kappa shape index (κ2) is 12.6. The number of aryl methyl sites for hydroxylation is 1. The normalized spacial score (nSPS) is 15.6. The number of rotatable bonds is 12. The zero-order valence-electron chi connectivity index (χ0n) is 20.1.